The van der Waals surface area contributed by atoms with Crippen LogP contribution in [-0.4, -0.2) is 74.0 Å². The average Bonchev–Trinajstić information content (AvgIpc) is 3.16. The predicted octanol–water partition coefficient (Wildman–Crippen LogP) is 11.9. The first-order chi connectivity index (χ1) is 26.3. The molecule has 0 aliphatic rings. The second-order valence-electron chi connectivity index (χ2n) is 16.1. The fourth-order valence-corrected chi connectivity index (χ4v) is 7.13. The molecule has 0 bridgehead atoms. The van der Waals surface area contributed by atoms with Crippen molar-refractivity contribution in [2.24, 2.45) is 11.8 Å². The van der Waals surface area contributed by atoms with Crippen LogP contribution in [-0.2, 0) is 28.6 Å². The molecule has 320 valence electrons. The molecule has 0 aromatic rings. The number of hydrogen-bond donors (Lipinski definition) is 1. The molecule has 0 heterocycles. The van der Waals surface area contributed by atoms with E-state index >= 15 is 0 Å². The molecule has 8 nitrogen and oxygen atoms in total. The Hall–Kier alpha value is -1.67. The quantitative estimate of drug-likeness (QED) is 0.0373. The molecule has 2 unspecified atom stereocenters. The van der Waals surface area contributed by atoms with Gasteiger partial charge in [-0.25, -0.2) is 0 Å². The van der Waals surface area contributed by atoms with Crippen LogP contribution in [0.4, 0.5) is 0 Å². The molecule has 0 radical (unpaired) electrons. The summed E-state index contributed by atoms with van der Waals surface area (Å²) < 4.78 is 17.7. The number of likely N-dealkylation sites (N-methyl/N-ethyl adjacent to an activating group) is 1. The van der Waals surface area contributed by atoms with Gasteiger partial charge in [-0.2, -0.15) is 0 Å². The van der Waals surface area contributed by atoms with Gasteiger partial charge in [0.2, 0.25) is 0 Å². The number of aliphatic hydroxyl groups excluding tert-OH is 1. The molecule has 0 saturated heterocycles. The van der Waals surface area contributed by atoms with E-state index in [9.17, 15) is 14.4 Å². The lowest BCUT2D eigenvalue weighted by Crippen LogP contribution is -2.34. The predicted molar refractivity (Wildman–Crippen MR) is 225 cm³/mol. The summed E-state index contributed by atoms with van der Waals surface area (Å²) in [4.78, 5) is 42.1. The molecule has 1 N–H and O–H groups in total. The molecule has 0 aromatic carbocycles. The monoisotopic (exact) mass is 768 g/mol. The van der Waals surface area contributed by atoms with Crippen molar-refractivity contribution in [1.82, 2.24) is 4.90 Å². The number of ether oxygens (including phenoxy) is 3. The Kier molecular flexibility index (Phi) is 38.3. The van der Waals surface area contributed by atoms with Crippen molar-refractivity contribution in [3.63, 3.8) is 0 Å². The number of carbonyl (C=O) groups is 3. The zero-order valence-electron chi connectivity index (χ0n) is 36.3. The lowest BCUT2D eigenvalue weighted by atomic mass is 9.94. The summed E-state index contributed by atoms with van der Waals surface area (Å²) in [5.74, 6) is -1.16. The van der Waals surface area contributed by atoms with Crippen molar-refractivity contribution in [3.8, 4) is 0 Å². The molecule has 0 rings (SSSR count). The lowest BCUT2D eigenvalue weighted by Gasteiger charge is -2.23. The molecule has 0 spiro atoms. The Morgan fingerprint density at radius 2 is 0.870 bits per heavy atom. The fourth-order valence-electron chi connectivity index (χ4n) is 7.13. The first-order valence-corrected chi connectivity index (χ1v) is 23.1. The highest BCUT2D eigenvalue weighted by atomic mass is 16.6. The van der Waals surface area contributed by atoms with E-state index in [1.807, 2.05) is 11.9 Å². The molecule has 0 aliphatic heterocycles. The van der Waals surface area contributed by atoms with Gasteiger partial charge in [0.15, 0.2) is 6.10 Å². The maximum absolute atomic E-state index is 13.7. The van der Waals surface area contributed by atoms with Gasteiger partial charge in [-0.15, -0.1) is 0 Å². The Morgan fingerprint density at radius 3 is 1.31 bits per heavy atom. The van der Waals surface area contributed by atoms with Crippen LogP contribution in [0.3, 0.4) is 0 Å². The van der Waals surface area contributed by atoms with Crippen molar-refractivity contribution in [3.05, 3.63) is 0 Å². The molecule has 0 fully saturated rings. The average molecular weight is 768 g/mol. The third-order valence-electron chi connectivity index (χ3n) is 10.8. The molecule has 0 amide bonds. The lowest BCUT2D eigenvalue weighted by molar-refractivity contribution is -0.171. The highest BCUT2D eigenvalue weighted by molar-refractivity contribution is 5.73. The third kappa shape index (κ3) is 32.6. The minimum atomic E-state index is -0.822. The summed E-state index contributed by atoms with van der Waals surface area (Å²) in [7, 11) is 1.95. The van der Waals surface area contributed by atoms with E-state index in [0.29, 0.717) is 13.0 Å². The fraction of sp³-hybridized carbons (Fsp3) is 0.935. The number of rotatable bonds is 41. The Labute approximate surface area is 334 Å². The molecule has 8 heteroatoms. The zero-order valence-corrected chi connectivity index (χ0v) is 36.3. The van der Waals surface area contributed by atoms with Gasteiger partial charge >= 0.3 is 17.9 Å². The largest absolute Gasteiger partial charge is 0.462 e. The summed E-state index contributed by atoms with van der Waals surface area (Å²) >= 11 is 0. The summed E-state index contributed by atoms with van der Waals surface area (Å²) in [6, 6.07) is 0. The molecule has 3 atom stereocenters. The number of unbranched alkanes of at least 4 members (excludes halogenated alkanes) is 20. The smallest absolute Gasteiger partial charge is 0.309 e. The SMILES string of the molecule is CCCCCCCCCC[C@H](CCCCCC)C(=O)OCC(COC(=O)CCCCN(C)CCO)OC(=O)C(CCCCCC)CCCCCCCCC. The van der Waals surface area contributed by atoms with Gasteiger partial charge in [0, 0.05) is 13.0 Å². The highest BCUT2D eigenvalue weighted by Gasteiger charge is 2.27. The van der Waals surface area contributed by atoms with Gasteiger partial charge in [0.25, 0.3) is 0 Å². The van der Waals surface area contributed by atoms with Gasteiger partial charge in [0.05, 0.1) is 18.4 Å². The van der Waals surface area contributed by atoms with E-state index in [-0.39, 0.29) is 56.0 Å². The van der Waals surface area contributed by atoms with Gasteiger partial charge in [-0.3, -0.25) is 14.4 Å². The highest BCUT2D eigenvalue weighted by Crippen LogP contribution is 2.23. The van der Waals surface area contributed by atoms with E-state index < -0.39 is 6.10 Å². The summed E-state index contributed by atoms with van der Waals surface area (Å²) in [6.07, 6.45) is 31.2. The summed E-state index contributed by atoms with van der Waals surface area (Å²) in [5.41, 5.74) is 0. The summed E-state index contributed by atoms with van der Waals surface area (Å²) in [6.45, 7) is 10.2. The number of esters is 3. The van der Waals surface area contributed by atoms with Crippen LogP contribution in [0.15, 0.2) is 0 Å². The standard InChI is InChI=1S/C46H89NO7/c1-6-10-14-18-20-22-24-27-32-41(31-25-16-12-8-3)45(50)53-40-43(39-52-44(49)35-29-30-36-47(5)37-38-48)54-46(51)42(33-26-17-13-9-4)34-28-23-21-19-15-11-7-2/h41-43,48H,6-40H2,1-5H3/t41-,42?,43?/m0/s1. The van der Waals surface area contributed by atoms with Gasteiger partial charge < -0.3 is 24.2 Å². The first kappa shape index (κ1) is 52.3. The maximum atomic E-state index is 13.7. The van der Waals surface area contributed by atoms with E-state index in [1.165, 1.54) is 77.0 Å². The van der Waals surface area contributed by atoms with Crippen molar-refractivity contribution in [2.75, 3.05) is 40.0 Å². The minimum Gasteiger partial charge on any atom is -0.462 e. The van der Waals surface area contributed by atoms with E-state index in [1.54, 1.807) is 0 Å². The maximum Gasteiger partial charge on any atom is 0.309 e. The van der Waals surface area contributed by atoms with Crippen molar-refractivity contribution >= 4 is 17.9 Å². The number of hydrogen-bond acceptors (Lipinski definition) is 8. The molecule has 0 aliphatic carbocycles. The topological polar surface area (TPSA) is 102 Å². The van der Waals surface area contributed by atoms with Crippen LogP contribution >= 0.6 is 0 Å². The Bertz CT molecular complexity index is 853. The first-order valence-electron chi connectivity index (χ1n) is 23.1. The Morgan fingerprint density at radius 1 is 0.481 bits per heavy atom. The van der Waals surface area contributed by atoms with Gasteiger partial charge in [-0.05, 0) is 52.1 Å². The Balaban J connectivity index is 5.50. The van der Waals surface area contributed by atoms with E-state index in [2.05, 4.69) is 27.7 Å². The summed E-state index contributed by atoms with van der Waals surface area (Å²) in [5, 5.41) is 9.13. The van der Waals surface area contributed by atoms with E-state index in [0.717, 1.165) is 109 Å². The van der Waals surface area contributed by atoms with Crippen LogP contribution in [0.2, 0.25) is 0 Å². The van der Waals surface area contributed by atoms with Crippen LogP contribution < -0.4 is 0 Å². The second-order valence-corrected chi connectivity index (χ2v) is 16.1. The van der Waals surface area contributed by atoms with Crippen LogP contribution in [0.25, 0.3) is 0 Å². The van der Waals surface area contributed by atoms with Crippen LogP contribution in [0.5, 0.6) is 0 Å². The van der Waals surface area contributed by atoms with Crippen molar-refractivity contribution < 1.29 is 33.7 Å². The number of carbonyl (C=O) groups excluding carboxylic acids is 3. The molecular formula is C46H89NO7. The van der Waals surface area contributed by atoms with Crippen molar-refractivity contribution in [1.29, 1.82) is 0 Å². The van der Waals surface area contributed by atoms with Crippen LogP contribution in [0.1, 0.15) is 220 Å². The molecule has 0 saturated carbocycles. The third-order valence-corrected chi connectivity index (χ3v) is 10.8. The van der Waals surface area contributed by atoms with Gasteiger partial charge in [-0.1, -0.05) is 175 Å². The van der Waals surface area contributed by atoms with Gasteiger partial charge in [0.1, 0.15) is 13.2 Å². The number of aliphatic hydroxyl groups is 1. The second kappa shape index (κ2) is 39.6. The zero-order chi connectivity index (χ0) is 39.9. The molecular weight excluding hydrogens is 679 g/mol. The normalized spacial score (nSPS) is 13.2. The van der Waals surface area contributed by atoms with Crippen LogP contribution in [0, 0.1) is 11.8 Å². The molecule has 54 heavy (non-hydrogen) atoms. The minimum absolute atomic E-state index is 0.0906. The molecule has 0 aromatic heterocycles. The number of nitrogens with zero attached hydrogens (tertiary/aromatic N) is 1. The van der Waals surface area contributed by atoms with Crippen molar-refractivity contribution in [2.45, 2.75) is 226 Å². The van der Waals surface area contributed by atoms with E-state index in [4.69, 9.17) is 19.3 Å².